The third-order valence-electron chi connectivity index (χ3n) is 3.40. The molecular weight excluding hydrogens is 262 g/mol. The third-order valence-corrected chi connectivity index (χ3v) is 3.40. The number of anilines is 1. The third kappa shape index (κ3) is 2.18. The second-order valence-electron chi connectivity index (χ2n) is 4.68. The zero-order valence-corrected chi connectivity index (χ0v) is 11.0. The first-order chi connectivity index (χ1) is 9.69. The maximum atomic E-state index is 11.4. The Morgan fingerprint density at radius 3 is 3.15 bits per heavy atom. The topological polar surface area (TPSA) is 105 Å². The largest absolute Gasteiger partial charge is 0.467 e. The van der Waals surface area contributed by atoms with E-state index in [1.165, 1.54) is 13.4 Å². The van der Waals surface area contributed by atoms with Crippen molar-refractivity contribution < 1.29 is 14.3 Å². The average Bonchev–Trinajstić information content (AvgIpc) is 3.07. The molecule has 1 fully saturated rings. The molecule has 2 aromatic heterocycles. The van der Waals surface area contributed by atoms with Gasteiger partial charge in [-0.1, -0.05) is 0 Å². The van der Waals surface area contributed by atoms with Crippen LogP contribution in [0.15, 0.2) is 12.7 Å². The van der Waals surface area contributed by atoms with E-state index < -0.39 is 6.10 Å². The molecule has 0 amide bonds. The maximum absolute atomic E-state index is 11.4. The van der Waals surface area contributed by atoms with Crippen LogP contribution in [0.25, 0.3) is 11.2 Å². The maximum Gasteiger partial charge on any atom is 0.334 e. The molecule has 0 aromatic carbocycles. The lowest BCUT2D eigenvalue weighted by Crippen LogP contribution is -2.24. The van der Waals surface area contributed by atoms with Gasteiger partial charge < -0.3 is 19.8 Å². The number of esters is 1. The van der Waals surface area contributed by atoms with Crippen LogP contribution >= 0.6 is 0 Å². The minimum Gasteiger partial charge on any atom is -0.467 e. The van der Waals surface area contributed by atoms with Gasteiger partial charge in [-0.15, -0.1) is 0 Å². The summed E-state index contributed by atoms with van der Waals surface area (Å²) in [5, 5.41) is 0. The van der Waals surface area contributed by atoms with E-state index >= 15 is 0 Å². The number of methoxy groups -OCH3 is 1. The van der Waals surface area contributed by atoms with Crippen LogP contribution in [0.3, 0.4) is 0 Å². The van der Waals surface area contributed by atoms with E-state index in [0.717, 1.165) is 6.42 Å². The number of hydrogen-bond acceptors (Lipinski definition) is 7. The summed E-state index contributed by atoms with van der Waals surface area (Å²) in [5.41, 5.74) is 6.99. The predicted octanol–water partition coefficient (Wildman–Crippen LogP) is 0.129. The number of nitrogens with two attached hydrogens (primary N) is 1. The Balaban J connectivity index is 1.75. The first-order valence-electron chi connectivity index (χ1n) is 6.33. The molecule has 0 bridgehead atoms. The summed E-state index contributed by atoms with van der Waals surface area (Å²) in [7, 11) is 1.36. The van der Waals surface area contributed by atoms with Crippen LogP contribution in [-0.4, -0.2) is 44.8 Å². The second-order valence-corrected chi connectivity index (χ2v) is 4.68. The molecule has 0 aliphatic carbocycles. The van der Waals surface area contributed by atoms with Gasteiger partial charge in [0.05, 0.1) is 26.1 Å². The molecule has 0 radical (unpaired) electrons. The van der Waals surface area contributed by atoms with E-state index in [-0.39, 0.29) is 12.1 Å². The van der Waals surface area contributed by atoms with Crippen LogP contribution in [-0.2, 0) is 20.8 Å². The summed E-state index contributed by atoms with van der Waals surface area (Å²) in [5.74, 6) is 0.0306. The number of nitrogens with zero attached hydrogens (tertiary/aromatic N) is 4. The Bertz CT molecular complexity index is 641. The molecule has 106 valence electrons. The highest BCUT2D eigenvalue weighted by atomic mass is 16.6. The molecule has 0 spiro atoms. The standard InChI is InChI=1S/C12H15N5O3/c1-19-12(18)8-3-2-7(20-8)4-17-6-16-9-10(13)14-5-15-11(9)17/h5-8H,2-4H2,1H3,(H2,13,14,15)/t7-,8+/m1/s1. The first-order valence-corrected chi connectivity index (χ1v) is 6.33. The quantitative estimate of drug-likeness (QED) is 0.795. The summed E-state index contributed by atoms with van der Waals surface area (Å²) in [6.07, 6.45) is 3.99. The van der Waals surface area contributed by atoms with Crippen molar-refractivity contribution in [3.8, 4) is 0 Å². The molecular formula is C12H15N5O3. The minimum atomic E-state index is -0.473. The summed E-state index contributed by atoms with van der Waals surface area (Å²) in [6, 6.07) is 0. The molecule has 1 saturated heterocycles. The zero-order valence-electron chi connectivity index (χ0n) is 11.0. The van der Waals surface area contributed by atoms with Crippen LogP contribution in [0.2, 0.25) is 0 Å². The molecule has 0 saturated carbocycles. The zero-order chi connectivity index (χ0) is 14.1. The van der Waals surface area contributed by atoms with E-state index in [4.69, 9.17) is 10.5 Å². The predicted molar refractivity (Wildman–Crippen MR) is 69.6 cm³/mol. The van der Waals surface area contributed by atoms with Gasteiger partial charge in [0.2, 0.25) is 0 Å². The van der Waals surface area contributed by atoms with Gasteiger partial charge in [-0.3, -0.25) is 0 Å². The highest BCUT2D eigenvalue weighted by Crippen LogP contribution is 2.23. The van der Waals surface area contributed by atoms with Crippen molar-refractivity contribution in [1.29, 1.82) is 0 Å². The second kappa shape index (κ2) is 5.04. The molecule has 0 unspecified atom stereocenters. The smallest absolute Gasteiger partial charge is 0.334 e. The summed E-state index contributed by atoms with van der Waals surface area (Å²) < 4.78 is 12.2. The highest BCUT2D eigenvalue weighted by Gasteiger charge is 2.31. The van der Waals surface area contributed by atoms with Gasteiger partial charge in [0.15, 0.2) is 17.6 Å². The first kappa shape index (κ1) is 12.8. The molecule has 1 aliphatic rings. The molecule has 3 rings (SSSR count). The number of rotatable bonds is 3. The fraction of sp³-hybridized carbons (Fsp3) is 0.500. The van der Waals surface area contributed by atoms with Crippen molar-refractivity contribution in [1.82, 2.24) is 19.5 Å². The minimum absolute atomic E-state index is 0.0623. The Labute approximate surface area is 114 Å². The van der Waals surface area contributed by atoms with Gasteiger partial charge in [0.1, 0.15) is 11.8 Å². The van der Waals surface area contributed by atoms with Gasteiger partial charge >= 0.3 is 5.97 Å². The average molecular weight is 277 g/mol. The van der Waals surface area contributed by atoms with Crippen molar-refractivity contribution in [3.63, 3.8) is 0 Å². The van der Waals surface area contributed by atoms with Crippen molar-refractivity contribution >= 4 is 23.0 Å². The van der Waals surface area contributed by atoms with E-state index in [2.05, 4.69) is 19.7 Å². The molecule has 2 N–H and O–H groups in total. The number of ether oxygens (including phenoxy) is 2. The number of hydrogen-bond donors (Lipinski definition) is 1. The summed E-state index contributed by atoms with van der Waals surface area (Å²) >= 11 is 0. The molecule has 2 atom stereocenters. The summed E-state index contributed by atoms with van der Waals surface area (Å²) in [6.45, 7) is 0.570. The van der Waals surface area contributed by atoms with Gasteiger partial charge in [0, 0.05) is 0 Å². The summed E-state index contributed by atoms with van der Waals surface area (Å²) in [4.78, 5) is 23.7. The van der Waals surface area contributed by atoms with Crippen molar-refractivity contribution in [2.24, 2.45) is 0 Å². The monoisotopic (exact) mass is 277 g/mol. The lowest BCUT2D eigenvalue weighted by molar-refractivity contribution is -0.153. The van der Waals surface area contributed by atoms with Crippen molar-refractivity contribution in [3.05, 3.63) is 12.7 Å². The molecule has 8 nitrogen and oxygen atoms in total. The van der Waals surface area contributed by atoms with Gasteiger partial charge in [-0.05, 0) is 12.8 Å². The fourth-order valence-electron chi connectivity index (χ4n) is 2.40. The van der Waals surface area contributed by atoms with Crippen LogP contribution in [0.5, 0.6) is 0 Å². The van der Waals surface area contributed by atoms with Crippen molar-refractivity contribution in [2.75, 3.05) is 12.8 Å². The van der Waals surface area contributed by atoms with Crippen LogP contribution in [0, 0.1) is 0 Å². The molecule has 2 aromatic rings. The number of carbonyl (C=O) groups is 1. The lowest BCUT2D eigenvalue weighted by Gasteiger charge is -2.13. The van der Waals surface area contributed by atoms with Crippen LogP contribution < -0.4 is 5.73 Å². The van der Waals surface area contributed by atoms with Gasteiger partial charge in [0.25, 0.3) is 0 Å². The number of fused-ring (bicyclic) bond motifs is 1. The molecule has 1 aliphatic heterocycles. The van der Waals surface area contributed by atoms with Crippen LogP contribution in [0.1, 0.15) is 12.8 Å². The Kier molecular flexibility index (Phi) is 3.23. The van der Waals surface area contributed by atoms with Gasteiger partial charge in [-0.2, -0.15) is 0 Å². The number of nitrogen functional groups attached to an aromatic ring is 1. The van der Waals surface area contributed by atoms with E-state index in [0.29, 0.717) is 29.9 Å². The number of aromatic nitrogens is 4. The number of imidazole rings is 1. The van der Waals surface area contributed by atoms with E-state index in [1.54, 1.807) is 6.33 Å². The van der Waals surface area contributed by atoms with Crippen LogP contribution in [0.4, 0.5) is 5.82 Å². The Hall–Kier alpha value is -2.22. The van der Waals surface area contributed by atoms with Gasteiger partial charge in [-0.25, -0.2) is 19.7 Å². The molecule has 3 heterocycles. The lowest BCUT2D eigenvalue weighted by atomic mass is 10.2. The SMILES string of the molecule is COC(=O)[C@@H]1CC[C@H](Cn2cnc3c(N)ncnc32)O1. The Morgan fingerprint density at radius 1 is 1.50 bits per heavy atom. The fourth-order valence-corrected chi connectivity index (χ4v) is 2.40. The highest BCUT2D eigenvalue weighted by molar-refractivity contribution is 5.81. The normalized spacial score (nSPS) is 22.2. The Morgan fingerprint density at radius 2 is 2.35 bits per heavy atom. The number of carbonyl (C=O) groups excluding carboxylic acids is 1. The van der Waals surface area contributed by atoms with Crippen molar-refractivity contribution in [2.45, 2.75) is 31.6 Å². The molecule has 20 heavy (non-hydrogen) atoms. The van der Waals surface area contributed by atoms with E-state index in [9.17, 15) is 4.79 Å². The van der Waals surface area contributed by atoms with E-state index in [1.807, 2.05) is 4.57 Å². The molecule has 8 heteroatoms.